The third-order valence-corrected chi connectivity index (χ3v) is 7.06. The summed E-state index contributed by atoms with van der Waals surface area (Å²) in [5.41, 5.74) is 0.663. The summed E-state index contributed by atoms with van der Waals surface area (Å²) in [6.07, 6.45) is 0. The van der Waals surface area contributed by atoms with Gasteiger partial charge in [0, 0.05) is 26.2 Å². The first-order valence-corrected chi connectivity index (χ1v) is 10.8. The van der Waals surface area contributed by atoms with Gasteiger partial charge < -0.3 is 28.5 Å². The molecule has 1 saturated heterocycles. The number of rotatable bonds is 9. The first-order valence-electron chi connectivity index (χ1n) is 9.16. The van der Waals surface area contributed by atoms with E-state index >= 15 is 0 Å². The fourth-order valence-corrected chi connectivity index (χ4v) is 5.48. The lowest BCUT2D eigenvalue weighted by molar-refractivity contribution is 0.113. The van der Waals surface area contributed by atoms with Gasteiger partial charge in [0.05, 0.1) is 27.4 Å². The molecule has 1 heterocycles. The van der Waals surface area contributed by atoms with Gasteiger partial charge in [-0.05, 0) is 38.6 Å². The summed E-state index contributed by atoms with van der Waals surface area (Å²) in [5, 5.41) is 10.2. The van der Waals surface area contributed by atoms with Crippen LogP contribution >= 0.6 is 7.60 Å². The highest BCUT2D eigenvalue weighted by molar-refractivity contribution is 7.54. The molecule has 1 unspecified atom stereocenters. The van der Waals surface area contributed by atoms with Crippen LogP contribution in [0.5, 0.6) is 17.2 Å². The molecule has 0 spiro atoms. The number of aromatic hydroxyl groups is 1. The molecule has 154 valence electrons. The van der Waals surface area contributed by atoms with Gasteiger partial charge in [0.15, 0.2) is 11.5 Å². The highest BCUT2D eigenvalue weighted by Gasteiger charge is 2.42. The second kappa shape index (κ2) is 9.75. The maximum atomic E-state index is 13.7. The molecule has 0 amide bonds. The van der Waals surface area contributed by atoms with Crippen molar-refractivity contribution in [3.63, 3.8) is 0 Å². The van der Waals surface area contributed by atoms with E-state index in [4.69, 9.17) is 18.5 Å². The SMILES string of the molecule is CCOP(=O)(OCC)C(c1cc(OC)c(O)c(OC)c1)N1CCN(C)CC1. The van der Waals surface area contributed by atoms with Gasteiger partial charge in [-0.3, -0.25) is 9.46 Å². The average Bonchev–Trinajstić information content (AvgIpc) is 2.65. The van der Waals surface area contributed by atoms with E-state index in [2.05, 4.69) is 16.8 Å². The number of ether oxygens (including phenoxy) is 2. The summed E-state index contributed by atoms with van der Waals surface area (Å²) in [7, 11) is 1.49. The molecule has 1 aliphatic rings. The summed E-state index contributed by atoms with van der Waals surface area (Å²) in [6.45, 7) is 7.27. The summed E-state index contributed by atoms with van der Waals surface area (Å²) in [6, 6.07) is 3.34. The van der Waals surface area contributed by atoms with E-state index in [-0.39, 0.29) is 30.5 Å². The molecule has 1 aliphatic heterocycles. The van der Waals surface area contributed by atoms with Crippen molar-refractivity contribution < 1.29 is 28.2 Å². The van der Waals surface area contributed by atoms with Crippen LogP contribution in [0.4, 0.5) is 0 Å². The van der Waals surface area contributed by atoms with E-state index in [0.717, 1.165) is 26.2 Å². The first kappa shape index (κ1) is 22.0. The molecule has 0 aliphatic carbocycles. The third-order valence-electron chi connectivity index (χ3n) is 4.60. The van der Waals surface area contributed by atoms with Gasteiger partial charge in [-0.1, -0.05) is 0 Å². The van der Waals surface area contributed by atoms with Crippen LogP contribution in [0.1, 0.15) is 25.2 Å². The van der Waals surface area contributed by atoms with Crippen molar-refractivity contribution in [3.05, 3.63) is 17.7 Å². The number of likely N-dealkylation sites (N-methyl/N-ethyl adjacent to an activating group) is 1. The summed E-state index contributed by atoms with van der Waals surface area (Å²) >= 11 is 0. The molecule has 0 bridgehead atoms. The van der Waals surface area contributed by atoms with Crippen LogP contribution < -0.4 is 9.47 Å². The number of phenolic OH excluding ortho intramolecular Hbond substituents is 1. The summed E-state index contributed by atoms with van der Waals surface area (Å²) in [4.78, 5) is 4.33. The Labute approximate surface area is 161 Å². The summed E-state index contributed by atoms with van der Waals surface area (Å²) < 4.78 is 35.7. The van der Waals surface area contributed by atoms with Crippen molar-refractivity contribution in [2.45, 2.75) is 19.6 Å². The second-order valence-electron chi connectivity index (χ2n) is 6.36. The Balaban J connectivity index is 2.56. The van der Waals surface area contributed by atoms with E-state index in [1.54, 1.807) is 26.0 Å². The molecule has 0 aromatic heterocycles. The smallest absolute Gasteiger partial charge is 0.352 e. The van der Waals surface area contributed by atoms with Crippen LogP contribution in [-0.4, -0.2) is 75.6 Å². The van der Waals surface area contributed by atoms with E-state index in [0.29, 0.717) is 5.56 Å². The number of hydrogen-bond donors (Lipinski definition) is 1. The van der Waals surface area contributed by atoms with Crippen molar-refractivity contribution in [2.24, 2.45) is 0 Å². The van der Waals surface area contributed by atoms with Gasteiger partial charge in [-0.25, -0.2) is 0 Å². The highest BCUT2D eigenvalue weighted by atomic mass is 31.2. The number of methoxy groups -OCH3 is 2. The Bertz CT molecular complexity index is 628. The molecule has 1 atom stereocenters. The Kier molecular flexibility index (Phi) is 7.94. The molecular weight excluding hydrogens is 371 g/mol. The molecule has 1 N–H and O–H groups in total. The zero-order valence-corrected chi connectivity index (χ0v) is 17.7. The largest absolute Gasteiger partial charge is 0.502 e. The Morgan fingerprint density at radius 1 is 1.04 bits per heavy atom. The van der Waals surface area contributed by atoms with Crippen molar-refractivity contribution >= 4 is 7.60 Å². The number of piperazine rings is 1. The van der Waals surface area contributed by atoms with Crippen LogP contribution in [0, 0.1) is 0 Å². The normalized spacial score (nSPS) is 17.7. The molecule has 27 heavy (non-hydrogen) atoms. The summed E-state index contributed by atoms with van der Waals surface area (Å²) in [5.74, 6) is -0.205. The minimum absolute atomic E-state index is 0.0940. The fourth-order valence-electron chi connectivity index (χ4n) is 3.26. The van der Waals surface area contributed by atoms with E-state index in [1.807, 2.05) is 0 Å². The predicted octanol–water partition coefficient (Wildman–Crippen LogP) is 2.92. The second-order valence-corrected chi connectivity index (χ2v) is 8.45. The molecule has 0 radical (unpaired) electrons. The van der Waals surface area contributed by atoms with Gasteiger partial charge in [-0.15, -0.1) is 0 Å². The van der Waals surface area contributed by atoms with Crippen LogP contribution in [-0.2, 0) is 13.6 Å². The molecule has 1 fully saturated rings. The average molecular weight is 402 g/mol. The lowest BCUT2D eigenvalue weighted by Gasteiger charge is -2.40. The van der Waals surface area contributed by atoms with Crippen LogP contribution in [0.3, 0.4) is 0 Å². The van der Waals surface area contributed by atoms with Crippen molar-refractivity contribution in [2.75, 3.05) is 60.7 Å². The molecule has 1 aromatic rings. The molecule has 9 heteroatoms. The Morgan fingerprint density at radius 3 is 1.93 bits per heavy atom. The Hall–Kier alpha value is -1.31. The minimum atomic E-state index is -3.50. The molecule has 1 aromatic carbocycles. The van der Waals surface area contributed by atoms with Crippen LogP contribution in [0.2, 0.25) is 0 Å². The number of nitrogens with zero attached hydrogens (tertiary/aromatic N) is 2. The molecule has 8 nitrogen and oxygen atoms in total. The van der Waals surface area contributed by atoms with Crippen molar-refractivity contribution in [1.29, 1.82) is 0 Å². The standard InChI is InChI=1S/C18H31N2O6P/c1-6-25-27(22,26-7-2)18(20-10-8-19(3)9-11-20)14-12-15(23-4)17(21)16(13-14)24-5/h12-13,18,21H,6-11H2,1-5H3. The number of phenols is 1. The number of benzene rings is 1. The zero-order valence-electron chi connectivity index (χ0n) is 16.8. The lowest BCUT2D eigenvalue weighted by atomic mass is 10.1. The highest BCUT2D eigenvalue weighted by Crippen LogP contribution is 2.63. The van der Waals surface area contributed by atoms with Crippen LogP contribution in [0.25, 0.3) is 0 Å². The fraction of sp³-hybridized carbons (Fsp3) is 0.667. The molecular formula is C18H31N2O6P. The third kappa shape index (κ3) is 4.95. The van der Waals surface area contributed by atoms with Gasteiger partial charge in [0.2, 0.25) is 5.75 Å². The monoisotopic (exact) mass is 402 g/mol. The van der Waals surface area contributed by atoms with E-state index in [1.165, 1.54) is 14.2 Å². The van der Waals surface area contributed by atoms with Crippen molar-refractivity contribution in [3.8, 4) is 17.2 Å². The lowest BCUT2D eigenvalue weighted by Crippen LogP contribution is -2.46. The quantitative estimate of drug-likeness (QED) is 0.632. The van der Waals surface area contributed by atoms with Gasteiger partial charge in [0.25, 0.3) is 0 Å². The van der Waals surface area contributed by atoms with Crippen molar-refractivity contribution in [1.82, 2.24) is 9.80 Å². The Morgan fingerprint density at radius 2 is 1.52 bits per heavy atom. The maximum absolute atomic E-state index is 13.7. The topological polar surface area (TPSA) is 80.7 Å². The predicted molar refractivity (Wildman–Crippen MR) is 104 cm³/mol. The number of hydrogen-bond acceptors (Lipinski definition) is 8. The van der Waals surface area contributed by atoms with Gasteiger partial charge in [-0.2, -0.15) is 0 Å². The van der Waals surface area contributed by atoms with Gasteiger partial charge >= 0.3 is 7.60 Å². The maximum Gasteiger partial charge on any atom is 0.352 e. The minimum Gasteiger partial charge on any atom is -0.502 e. The first-order chi connectivity index (χ1) is 12.9. The van der Waals surface area contributed by atoms with Crippen LogP contribution in [0.15, 0.2) is 12.1 Å². The van der Waals surface area contributed by atoms with E-state index in [9.17, 15) is 9.67 Å². The zero-order chi connectivity index (χ0) is 20.0. The molecule has 0 saturated carbocycles. The van der Waals surface area contributed by atoms with E-state index < -0.39 is 13.4 Å². The molecule has 2 rings (SSSR count). The van der Waals surface area contributed by atoms with Gasteiger partial charge in [0.1, 0.15) is 5.78 Å².